The van der Waals surface area contributed by atoms with Gasteiger partial charge in [0.05, 0.1) is 0 Å². The Labute approximate surface area is 118 Å². The maximum atomic E-state index is 3.57. The SMILES string of the molecule is CCN(c1ccccc1C)C1CCC(C)(C)C1NC. The quantitative estimate of drug-likeness (QED) is 0.890. The number of nitrogens with zero attached hydrogens (tertiary/aromatic N) is 1. The van der Waals surface area contributed by atoms with Crippen LogP contribution in [0.1, 0.15) is 39.2 Å². The zero-order valence-electron chi connectivity index (χ0n) is 13.0. The summed E-state index contributed by atoms with van der Waals surface area (Å²) in [6, 6.07) is 9.92. The Morgan fingerprint density at radius 2 is 2.00 bits per heavy atom. The molecule has 0 heterocycles. The van der Waals surface area contributed by atoms with E-state index in [1.807, 2.05) is 0 Å². The molecule has 1 saturated carbocycles. The summed E-state index contributed by atoms with van der Waals surface area (Å²) in [6.45, 7) is 10.3. The molecule has 19 heavy (non-hydrogen) atoms. The van der Waals surface area contributed by atoms with Crippen molar-refractivity contribution in [2.24, 2.45) is 5.41 Å². The van der Waals surface area contributed by atoms with Gasteiger partial charge in [0.1, 0.15) is 0 Å². The van der Waals surface area contributed by atoms with Crippen molar-refractivity contribution in [2.75, 3.05) is 18.5 Å². The number of para-hydroxylation sites is 1. The van der Waals surface area contributed by atoms with E-state index < -0.39 is 0 Å². The van der Waals surface area contributed by atoms with Crippen LogP contribution in [0.15, 0.2) is 24.3 Å². The highest BCUT2D eigenvalue weighted by Crippen LogP contribution is 2.41. The Kier molecular flexibility index (Phi) is 4.19. The van der Waals surface area contributed by atoms with Gasteiger partial charge in [-0.2, -0.15) is 0 Å². The van der Waals surface area contributed by atoms with E-state index in [2.05, 4.69) is 69.2 Å². The monoisotopic (exact) mass is 260 g/mol. The first-order valence-corrected chi connectivity index (χ1v) is 7.50. The molecule has 0 aliphatic heterocycles. The van der Waals surface area contributed by atoms with E-state index in [-0.39, 0.29) is 0 Å². The van der Waals surface area contributed by atoms with E-state index in [9.17, 15) is 0 Å². The number of aryl methyl sites for hydroxylation is 1. The Bertz CT molecular complexity index is 425. The molecule has 1 aromatic rings. The van der Waals surface area contributed by atoms with Crippen molar-refractivity contribution in [1.82, 2.24) is 5.32 Å². The van der Waals surface area contributed by atoms with Crippen LogP contribution >= 0.6 is 0 Å². The predicted octanol–water partition coefficient (Wildman–Crippen LogP) is 3.60. The van der Waals surface area contributed by atoms with E-state index in [1.165, 1.54) is 24.1 Å². The molecular formula is C17H28N2. The molecule has 0 saturated heterocycles. The van der Waals surface area contributed by atoms with Gasteiger partial charge in [-0.3, -0.25) is 0 Å². The fourth-order valence-corrected chi connectivity index (χ4v) is 3.75. The lowest BCUT2D eigenvalue weighted by Crippen LogP contribution is -2.51. The smallest absolute Gasteiger partial charge is 0.0448 e. The number of likely N-dealkylation sites (N-methyl/N-ethyl adjacent to an activating group) is 2. The van der Waals surface area contributed by atoms with Gasteiger partial charge in [0, 0.05) is 24.3 Å². The zero-order chi connectivity index (χ0) is 14.0. The fraction of sp³-hybridized carbons (Fsp3) is 0.647. The van der Waals surface area contributed by atoms with Crippen LogP contribution < -0.4 is 10.2 Å². The van der Waals surface area contributed by atoms with E-state index >= 15 is 0 Å². The summed E-state index contributed by atoms with van der Waals surface area (Å²) < 4.78 is 0. The van der Waals surface area contributed by atoms with Crippen molar-refractivity contribution in [2.45, 2.75) is 52.6 Å². The first kappa shape index (κ1) is 14.4. The zero-order valence-corrected chi connectivity index (χ0v) is 13.0. The molecule has 2 rings (SSSR count). The molecule has 1 aromatic carbocycles. The summed E-state index contributed by atoms with van der Waals surface area (Å²) in [6.07, 6.45) is 2.58. The van der Waals surface area contributed by atoms with Crippen molar-refractivity contribution in [1.29, 1.82) is 0 Å². The fourth-order valence-electron chi connectivity index (χ4n) is 3.75. The highest BCUT2D eigenvalue weighted by atomic mass is 15.2. The maximum absolute atomic E-state index is 3.57. The predicted molar refractivity (Wildman–Crippen MR) is 83.8 cm³/mol. The molecule has 1 N–H and O–H groups in total. The third-order valence-corrected chi connectivity index (χ3v) is 4.79. The number of rotatable bonds is 4. The van der Waals surface area contributed by atoms with Crippen LogP contribution in [0.3, 0.4) is 0 Å². The van der Waals surface area contributed by atoms with Gasteiger partial charge in [-0.05, 0) is 50.8 Å². The van der Waals surface area contributed by atoms with Crippen LogP contribution in [0.5, 0.6) is 0 Å². The van der Waals surface area contributed by atoms with Crippen molar-refractivity contribution in [3.8, 4) is 0 Å². The Hall–Kier alpha value is -1.02. The largest absolute Gasteiger partial charge is 0.367 e. The number of nitrogens with one attached hydrogen (secondary N) is 1. The molecule has 2 heteroatoms. The average Bonchev–Trinajstić information content (AvgIpc) is 2.68. The molecule has 2 unspecified atom stereocenters. The molecule has 106 valence electrons. The minimum Gasteiger partial charge on any atom is -0.367 e. The van der Waals surface area contributed by atoms with Crippen molar-refractivity contribution >= 4 is 5.69 Å². The molecule has 0 spiro atoms. The minimum absolute atomic E-state index is 0.384. The summed E-state index contributed by atoms with van der Waals surface area (Å²) in [4.78, 5) is 2.59. The van der Waals surface area contributed by atoms with Gasteiger partial charge in [-0.15, -0.1) is 0 Å². The molecule has 0 aromatic heterocycles. The Balaban J connectivity index is 2.31. The van der Waals surface area contributed by atoms with Gasteiger partial charge in [0.2, 0.25) is 0 Å². The molecule has 1 fully saturated rings. The summed E-state index contributed by atoms with van der Waals surface area (Å²) >= 11 is 0. The lowest BCUT2D eigenvalue weighted by molar-refractivity contribution is 0.282. The van der Waals surface area contributed by atoms with Gasteiger partial charge >= 0.3 is 0 Å². The van der Waals surface area contributed by atoms with Gasteiger partial charge in [0.25, 0.3) is 0 Å². The first-order valence-electron chi connectivity index (χ1n) is 7.50. The topological polar surface area (TPSA) is 15.3 Å². The standard InChI is InChI=1S/C17H28N2/c1-6-19(14-10-8-7-9-13(14)2)15-11-12-17(3,4)16(15)18-5/h7-10,15-16,18H,6,11-12H2,1-5H3. The second kappa shape index (κ2) is 5.54. The third-order valence-electron chi connectivity index (χ3n) is 4.79. The summed E-state index contributed by atoms with van der Waals surface area (Å²) in [5, 5.41) is 3.57. The maximum Gasteiger partial charge on any atom is 0.0448 e. The van der Waals surface area contributed by atoms with Crippen molar-refractivity contribution in [3.05, 3.63) is 29.8 Å². The summed E-state index contributed by atoms with van der Waals surface area (Å²) in [5.41, 5.74) is 3.16. The molecule has 1 aliphatic rings. The van der Waals surface area contributed by atoms with Crippen LogP contribution in [0.2, 0.25) is 0 Å². The van der Waals surface area contributed by atoms with Gasteiger partial charge < -0.3 is 10.2 Å². The van der Waals surface area contributed by atoms with Gasteiger partial charge in [-0.25, -0.2) is 0 Å². The van der Waals surface area contributed by atoms with E-state index in [4.69, 9.17) is 0 Å². The van der Waals surface area contributed by atoms with Crippen molar-refractivity contribution < 1.29 is 0 Å². The van der Waals surface area contributed by atoms with Gasteiger partial charge in [-0.1, -0.05) is 32.0 Å². The van der Waals surface area contributed by atoms with E-state index in [1.54, 1.807) is 0 Å². The second-order valence-corrected chi connectivity index (χ2v) is 6.43. The Morgan fingerprint density at radius 1 is 1.32 bits per heavy atom. The van der Waals surface area contributed by atoms with E-state index in [0.29, 0.717) is 17.5 Å². The normalized spacial score (nSPS) is 25.5. The van der Waals surface area contributed by atoms with E-state index in [0.717, 1.165) is 6.54 Å². The van der Waals surface area contributed by atoms with Crippen LogP contribution in [-0.4, -0.2) is 25.7 Å². The van der Waals surface area contributed by atoms with Crippen LogP contribution in [0.4, 0.5) is 5.69 Å². The number of benzene rings is 1. The summed E-state index contributed by atoms with van der Waals surface area (Å²) in [7, 11) is 2.11. The molecule has 0 radical (unpaired) electrons. The van der Waals surface area contributed by atoms with Crippen molar-refractivity contribution in [3.63, 3.8) is 0 Å². The lowest BCUT2D eigenvalue weighted by Gasteiger charge is -2.38. The Morgan fingerprint density at radius 3 is 2.58 bits per heavy atom. The first-order chi connectivity index (χ1) is 9.01. The third kappa shape index (κ3) is 2.64. The van der Waals surface area contributed by atoms with Gasteiger partial charge in [0.15, 0.2) is 0 Å². The molecular weight excluding hydrogens is 232 g/mol. The molecule has 0 bridgehead atoms. The summed E-state index contributed by atoms with van der Waals surface area (Å²) in [5.74, 6) is 0. The minimum atomic E-state index is 0.384. The molecule has 2 nitrogen and oxygen atoms in total. The van der Waals surface area contributed by atoms with Crippen LogP contribution in [-0.2, 0) is 0 Å². The average molecular weight is 260 g/mol. The molecule has 1 aliphatic carbocycles. The lowest BCUT2D eigenvalue weighted by atomic mass is 9.86. The number of anilines is 1. The van der Waals surface area contributed by atoms with Crippen LogP contribution in [0, 0.1) is 12.3 Å². The highest BCUT2D eigenvalue weighted by Gasteiger charge is 2.43. The second-order valence-electron chi connectivity index (χ2n) is 6.43. The van der Waals surface area contributed by atoms with Crippen LogP contribution in [0.25, 0.3) is 0 Å². The highest BCUT2D eigenvalue weighted by molar-refractivity contribution is 5.54. The number of hydrogen-bond acceptors (Lipinski definition) is 2. The number of hydrogen-bond donors (Lipinski definition) is 1. The molecule has 2 atom stereocenters. The molecule has 0 amide bonds.